The van der Waals surface area contributed by atoms with E-state index in [9.17, 15) is 14.7 Å². The summed E-state index contributed by atoms with van der Waals surface area (Å²) in [5.41, 5.74) is 0.708. The van der Waals surface area contributed by atoms with Gasteiger partial charge in [-0.05, 0) is 19.9 Å². The van der Waals surface area contributed by atoms with Crippen LogP contribution in [0.2, 0.25) is 0 Å². The summed E-state index contributed by atoms with van der Waals surface area (Å²) in [4.78, 5) is 35.1. The standard InChI is InChI=1S/C19H19N3O4/c1-11-14(7-20-12(2)21-11)17(23)22-8-15-13-5-3-4-6-16(13)26-10-19(15,9-22)18(24)25/h3-7,15H,8-10H2,1-2H3,(H,24,25)/t15?,19-/m1/s1. The minimum Gasteiger partial charge on any atom is -0.492 e. The molecule has 0 spiro atoms. The van der Waals surface area contributed by atoms with Crippen molar-refractivity contribution >= 4 is 11.9 Å². The molecule has 1 fully saturated rings. The van der Waals surface area contributed by atoms with Crippen LogP contribution < -0.4 is 4.74 Å². The van der Waals surface area contributed by atoms with E-state index in [0.29, 0.717) is 29.4 Å². The van der Waals surface area contributed by atoms with Crippen LogP contribution in [0.1, 0.15) is 33.4 Å². The minimum atomic E-state index is -1.14. The second-order valence-electron chi connectivity index (χ2n) is 6.94. The number of aliphatic carboxylic acids is 1. The Balaban J connectivity index is 1.72. The highest BCUT2D eigenvalue weighted by Gasteiger charge is 2.57. The predicted molar refractivity (Wildman–Crippen MR) is 92.2 cm³/mol. The molecule has 1 aromatic carbocycles. The van der Waals surface area contributed by atoms with E-state index >= 15 is 0 Å². The van der Waals surface area contributed by atoms with E-state index in [2.05, 4.69) is 9.97 Å². The van der Waals surface area contributed by atoms with E-state index in [1.807, 2.05) is 24.3 Å². The molecular weight excluding hydrogens is 334 g/mol. The number of carboxylic acid groups (broad SMARTS) is 1. The first-order valence-electron chi connectivity index (χ1n) is 8.47. The lowest BCUT2D eigenvalue weighted by molar-refractivity contribution is -0.151. The van der Waals surface area contributed by atoms with Gasteiger partial charge in [-0.15, -0.1) is 0 Å². The summed E-state index contributed by atoms with van der Waals surface area (Å²) in [7, 11) is 0. The van der Waals surface area contributed by atoms with Crippen molar-refractivity contribution in [3.63, 3.8) is 0 Å². The third-order valence-electron chi connectivity index (χ3n) is 5.37. The molecule has 7 nitrogen and oxygen atoms in total. The number of amides is 1. The Hall–Kier alpha value is -2.96. The summed E-state index contributed by atoms with van der Waals surface area (Å²) in [6.45, 7) is 4.01. The Bertz CT molecular complexity index is 913. The third kappa shape index (κ3) is 2.34. The van der Waals surface area contributed by atoms with Crippen LogP contribution in [0.3, 0.4) is 0 Å². The van der Waals surface area contributed by atoms with Crippen LogP contribution >= 0.6 is 0 Å². The number of carbonyl (C=O) groups is 2. The number of aryl methyl sites for hydroxylation is 2. The smallest absolute Gasteiger partial charge is 0.315 e. The molecule has 26 heavy (non-hydrogen) atoms. The number of hydrogen-bond donors (Lipinski definition) is 1. The van der Waals surface area contributed by atoms with Crippen LogP contribution in [0.5, 0.6) is 5.75 Å². The van der Waals surface area contributed by atoms with E-state index < -0.39 is 11.4 Å². The minimum absolute atomic E-state index is 0.0528. The van der Waals surface area contributed by atoms with Gasteiger partial charge in [0.15, 0.2) is 0 Å². The van der Waals surface area contributed by atoms with Gasteiger partial charge in [-0.2, -0.15) is 0 Å². The van der Waals surface area contributed by atoms with E-state index in [-0.39, 0.29) is 25.0 Å². The fourth-order valence-electron chi connectivity index (χ4n) is 3.96. The maximum Gasteiger partial charge on any atom is 0.315 e. The average molecular weight is 353 g/mol. The van der Waals surface area contributed by atoms with Crippen LogP contribution in [-0.4, -0.2) is 51.5 Å². The number of aromatic nitrogens is 2. The Morgan fingerprint density at radius 2 is 2.08 bits per heavy atom. The number of fused-ring (bicyclic) bond motifs is 3. The molecular formula is C19H19N3O4. The number of hydrogen-bond acceptors (Lipinski definition) is 5. The predicted octanol–water partition coefficient (Wildman–Crippen LogP) is 1.80. The number of para-hydroxylation sites is 1. The molecule has 2 aliphatic heterocycles. The molecule has 2 aromatic rings. The number of carboxylic acids is 1. The lowest BCUT2D eigenvalue weighted by Crippen LogP contribution is -2.46. The summed E-state index contributed by atoms with van der Waals surface area (Å²) in [5, 5.41) is 9.94. The lowest BCUT2D eigenvalue weighted by Gasteiger charge is -2.35. The zero-order valence-electron chi connectivity index (χ0n) is 14.6. The zero-order chi connectivity index (χ0) is 18.5. The first-order chi connectivity index (χ1) is 12.4. The second-order valence-corrected chi connectivity index (χ2v) is 6.94. The average Bonchev–Trinajstić information content (AvgIpc) is 3.03. The van der Waals surface area contributed by atoms with E-state index in [1.165, 1.54) is 6.20 Å². The lowest BCUT2D eigenvalue weighted by atomic mass is 9.73. The highest BCUT2D eigenvalue weighted by molar-refractivity contribution is 5.96. The Labute approximate surface area is 150 Å². The molecule has 1 unspecified atom stereocenters. The van der Waals surface area contributed by atoms with Crippen LogP contribution in [0.25, 0.3) is 0 Å². The quantitative estimate of drug-likeness (QED) is 0.885. The molecule has 3 heterocycles. The summed E-state index contributed by atoms with van der Waals surface area (Å²) in [5.74, 6) is -0.197. The molecule has 4 rings (SSSR count). The van der Waals surface area contributed by atoms with Gasteiger partial charge in [0.1, 0.15) is 23.6 Å². The van der Waals surface area contributed by atoms with Crippen molar-refractivity contribution in [2.75, 3.05) is 19.7 Å². The normalized spacial score (nSPS) is 23.8. The molecule has 134 valence electrons. The van der Waals surface area contributed by atoms with Crippen molar-refractivity contribution in [2.24, 2.45) is 5.41 Å². The van der Waals surface area contributed by atoms with Gasteiger partial charge in [0.25, 0.3) is 5.91 Å². The molecule has 0 saturated carbocycles. The van der Waals surface area contributed by atoms with Crippen molar-refractivity contribution < 1.29 is 19.4 Å². The zero-order valence-corrected chi connectivity index (χ0v) is 14.6. The summed E-state index contributed by atoms with van der Waals surface area (Å²) >= 11 is 0. The van der Waals surface area contributed by atoms with Gasteiger partial charge in [-0.25, -0.2) is 9.97 Å². The monoisotopic (exact) mass is 353 g/mol. The molecule has 7 heteroatoms. The van der Waals surface area contributed by atoms with Gasteiger partial charge < -0.3 is 14.7 Å². The van der Waals surface area contributed by atoms with Gasteiger partial charge >= 0.3 is 5.97 Å². The molecule has 1 amide bonds. The SMILES string of the molecule is Cc1ncc(C(=O)N2CC3c4ccccc4OC[C@]3(C(=O)O)C2)c(C)n1. The number of benzene rings is 1. The van der Waals surface area contributed by atoms with Crippen molar-refractivity contribution in [1.82, 2.24) is 14.9 Å². The third-order valence-corrected chi connectivity index (χ3v) is 5.37. The van der Waals surface area contributed by atoms with E-state index in [4.69, 9.17) is 4.74 Å². The van der Waals surface area contributed by atoms with E-state index in [0.717, 1.165) is 5.56 Å². The molecule has 1 aromatic heterocycles. The Morgan fingerprint density at radius 3 is 2.81 bits per heavy atom. The largest absolute Gasteiger partial charge is 0.492 e. The van der Waals surface area contributed by atoms with Gasteiger partial charge in [0.05, 0.1) is 11.3 Å². The summed E-state index contributed by atoms with van der Waals surface area (Å²) in [6.07, 6.45) is 1.51. The molecule has 0 bridgehead atoms. The van der Waals surface area contributed by atoms with Crippen molar-refractivity contribution in [3.8, 4) is 5.75 Å². The fourth-order valence-corrected chi connectivity index (χ4v) is 3.96. The highest BCUT2D eigenvalue weighted by atomic mass is 16.5. The van der Waals surface area contributed by atoms with Crippen LogP contribution in [0, 0.1) is 19.3 Å². The topological polar surface area (TPSA) is 92.6 Å². The first-order valence-corrected chi connectivity index (χ1v) is 8.47. The maximum absolute atomic E-state index is 13.0. The van der Waals surface area contributed by atoms with Crippen molar-refractivity contribution in [3.05, 3.63) is 53.1 Å². The number of rotatable bonds is 2. The molecule has 2 aliphatic rings. The van der Waals surface area contributed by atoms with E-state index in [1.54, 1.807) is 18.7 Å². The van der Waals surface area contributed by atoms with Crippen molar-refractivity contribution in [1.29, 1.82) is 0 Å². The molecule has 1 N–H and O–H groups in total. The summed E-state index contributed by atoms with van der Waals surface area (Å²) in [6, 6.07) is 7.44. The highest BCUT2D eigenvalue weighted by Crippen LogP contribution is 2.49. The molecule has 1 saturated heterocycles. The number of nitrogens with zero attached hydrogens (tertiary/aromatic N) is 3. The number of carbonyl (C=O) groups excluding carboxylic acids is 1. The second kappa shape index (κ2) is 5.79. The first kappa shape index (κ1) is 16.5. The number of ether oxygens (including phenoxy) is 1. The van der Waals surface area contributed by atoms with Crippen LogP contribution in [0.4, 0.5) is 0 Å². The Kier molecular flexibility index (Phi) is 3.68. The van der Waals surface area contributed by atoms with Gasteiger partial charge in [0.2, 0.25) is 0 Å². The summed E-state index contributed by atoms with van der Waals surface area (Å²) < 4.78 is 5.73. The Morgan fingerprint density at radius 1 is 1.31 bits per heavy atom. The van der Waals surface area contributed by atoms with Gasteiger partial charge in [0, 0.05) is 30.8 Å². The van der Waals surface area contributed by atoms with Gasteiger partial charge in [-0.3, -0.25) is 9.59 Å². The van der Waals surface area contributed by atoms with Crippen LogP contribution in [-0.2, 0) is 4.79 Å². The fraction of sp³-hybridized carbons (Fsp3) is 0.368. The van der Waals surface area contributed by atoms with Gasteiger partial charge in [-0.1, -0.05) is 18.2 Å². The molecule has 0 radical (unpaired) electrons. The molecule has 2 atom stereocenters. The van der Waals surface area contributed by atoms with Crippen molar-refractivity contribution in [2.45, 2.75) is 19.8 Å². The molecule has 0 aliphatic carbocycles. The maximum atomic E-state index is 13.0. The van der Waals surface area contributed by atoms with Crippen LogP contribution in [0.15, 0.2) is 30.5 Å². The number of likely N-dealkylation sites (tertiary alicyclic amines) is 1.